The maximum absolute atomic E-state index is 5.44. The molecule has 136 valence electrons. The van der Waals surface area contributed by atoms with E-state index in [1.54, 1.807) is 7.11 Å². The summed E-state index contributed by atoms with van der Waals surface area (Å²) in [5.41, 5.74) is 3.19. The molecule has 2 aromatic heterocycles. The quantitative estimate of drug-likeness (QED) is 0.679. The third-order valence-electron chi connectivity index (χ3n) is 4.80. The average Bonchev–Trinajstić information content (AvgIpc) is 3.31. The normalized spacial score (nSPS) is 18.2. The zero-order chi connectivity index (χ0) is 17.9. The zero-order valence-electron chi connectivity index (χ0n) is 15.0. The molecule has 0 spiro atoms. The molecular formula is C19H22N4O2S. The van der Waals surface area contributed by atoms with Gasteiger partial charge in [0.25, 0.3) is 0 Å². The third-order valence-corrected chi connectivity index (χ3v) is 5.55. The number of benzene rings is 1. The molecule has 1 saturated heterocycles. The Morgan fingerprint density at radius 1 is 1.35 bits per heavy atom. The van der Waals surface area contributed by atoms with Crippen LogP contribution in [0.25, 0.3) is 10.6 Å². The molecule has 3 aromatic rings. The molecule has 1 aliphatic rings. The maximum atomic E-state index is 5.44. The van der Waals surface area contributed by atoms with E-state index in [1.807, 2.05) is 25.1 Å². The molecule has 3 heterocycles. The van der Waals surface area contributed by atoms with Crippen molar-refractivity contribution in [3.63, 3.8) is 0 Å². The van der Waals surface area contributed by atoms with Gasteiger partial charge < -0.3 is 9.26 Å². The first-order valence-corrected chi connectivity index (χ1v) is 9.61. The molecule has 1 fully saturated rings. The van der Waals surface area contributed by atoms with Crippen molar-refractivity contribution in [3.8, 4) is 16.4 Å². The molecule has 4 rings (SSSR count). The molecule has 0 N–H and O–H groups in total. The molecule has 1 aliphatic heterocycles. The molecule has 0 amide bonds. The highest BCUT2D eigenvalue weighted by molar-refractivity contribution is 7.09. The van der Waals surface area contributed by atoms with E-state index in [-0.39, 0.29) is 0 Å². The van der Waals surface area contributed by atoms with Crippen LogP contribution in [0.5, 0.6) is 5.75 Å². The Hall–Kier alpha value is -2.25. The van der Waals surface area contributed by atoms with Crippen LogP contribution in [0.3, 0.4) is 0 Å². The lowest BCUT2D eigenvalue weighted by Gasteiger charge is -2.32. The Labute approximate surface area is 156 Å². The van der Waals surface area contributed by atoms with Gasteiger partial charge in [-0.05, 0) is 55.5 Å². The molecule has 0 saturated carbocycles. The van der Waals surface area contributed by atoms with Gasteiger partial charge in [0.05, 0.1) is 18.5 Å². The van der Waals surface area contributed by atoms with E-state index in [0.717, 1.165) is 60.3 Å². The highest BCUT2D eigenvalue weighted by atomic mass is 32.1. The number of hydrogen-bond donors (Lipinski definition) is 0. The standard InChI is InChI=1S/C19H22N4O2S/c1-13-9-17(25-21-13)19-18(20-22-26-19)15-6-4-8-23(12-15)11-14-5-3-7-16(10-14)24-2/h3,5,7,9-10,15H,4,6,8,11-12H2,1-2H3/t15-/m1/s1. The molecular weight excluding hydrogens is 348 g/mol. The minimum atomic E-state index is 0.369. The van der Waals surface area contributed by atoms with Gasteiger partial charge in [-0.15, -0.1) is 5.10 Å². The van der Waals surface area contributed by atoms with Gasteiger partial charge in [0.1, 0.15) is 10.6 Å². The van der Waals surface area contributed by atoms with Gasteiger partial charge in [0, 0.05) is 25.1 Å². The van der Waals surface area contributed by atoms with Crippen LogP contribution >= 0.6 is 11.5 Å². The van der Waals surface area contributed by atoms with Gasteiger partial charge in [-0.2, -0.15) is 0 Å². The number of rotatable bonds is 5. The Morgan fingerprint density at radius 2 is 2.27 bits per heavy atom. The van der Waals surface area contributed by atoms with Crippen LogP contribution in [-0.2, 0) is 6.54 Å². The van der Waals surface area contributed by atoms with Gasteiger partial charge in [0.15, 0.2) is 5.76 Å². The van der Waals surface area contributed by atoms with Crippen LogP contribution in [0.2, 0.25) is 0 Å². The van der Waals surface area contributed by atoms with E-state index < -0.39 is 0 Å². The lowest BCUT2D eigenvalue weighted by molar-refractivity contribution is 0.198. The minimum Gasteiger partial charge on any atom is -0.497 e. The fourth-order valence-corrected chi connectivity index (χ4v) is 4.26. The first kappa shape index (κ1) is 17.2. The number of aromatic nitrogens is 3. The molecule has 0 unspecified atom stereocenters. The fourth-order valence-electron chi connectivity index (χ4n) is 3.56. The van der Waals surface area contributed by atoms with Crippen LogP contribution < -0.4 is 4.74 Å². The monoisotopic (exact) mass is 370 g/mol. The summed E-state index contributed by atoms with van der Waals surface area (Å²) in [6, 6.07) is 10.2. The summed E-state index contributed by atoms with van der Waals surface area (Å²) in [5, 5.41) is 8.43. The van der Waals surface area contributed by atoms with Crippen molar-refractivity contribution in [2.75, 3.05) is 20.2 Å². The van der Waals surface area contributed by atoms with Crippen molar-refractivity contribution in [2.24, 2.45) is 0 Å². The van der Waals surface area contributed by atoms with Crippen molar-refractivity contribution in [3.05, 3.63) is 47.3 Å². The van der Waals surface area contributed by atoms with E-state index >= 15 is 0 Å². The smallest absolute Gasteiger partial charge is 0.180 e. The van der Waals surface area contributed by atoms with Gasteiger partial charge in [-0.3, -0.25) is 4.90 Å². The number of likely N-dealkylation sites (tertiary alicyclic amines) is 1. The van der Waals surface area contributed by atoms with E-state index in [4.69, 9.17) is 9.26 Å². The summed E-state index contributed by atoms with van der Waals surface area (Å²) < 4.78 is 15.0. The van der Waals surface area contributed by atoms with E-state index in [2.05, 4.69) is 31.8 Å². The van der Waals surface area contributed by atoms with E-state index in [1.165, 1.54) is 17.1 Å². The molecule has 7 heteroatoms. The molecule has 6 nitrogen and oxygen atoms in total. The van der Waals surface area contributed by atoms with Gasteiger partial charge >= 0.3 is 0 Å². The van der Waals surface area contributed by atoms with Crippen molar-refractivity contribution < 1.29 is 9.26 Å². The highest BCUT2D eigenvalue weighted by Gasteiger charge is 2.27. The molecule has 0 aliphatic carbocycles. The molecule has 1 atom stereocenters. The predicted octanol–water partition coefficient (Wildman–Crippen LogP) is 3.89. The molecule has 1 aromatic carbocycles. The topological polar surface area (TPSA) is 64.3 Å². The van der Waals surface area contributed by atoms with Gasteiger partial charge in [-0.25, -0.2) is 0 Å². The van der Waals surface area contributed by atoms with Gasteiger partial charge in [0.2, 0.25) is 0 Å². The fraction of sp³-hybridized carbons (Fsp3) is 0.421. The first-order valence-electron chi connectivity index (χ1n) is 8.84. The van der Waals surface area contributed by atoms with Crippen molar-refractivity contribution >= 4 is 11.5 Å². The largest absolute Gasteiger partial charge is 0.497 e. The number of aryl methyl sites for hydroxylation is 1. The van der Waals surface area contributed by atoms with Crippen LogP contribution in [0.1, 0.15) is 35.7 Å². The lowest BCUT2D eigenvalue weighted by Crippen LogP contribution is -2.34. The Morgan fingerprint density at radius 3 is 3.08 bits per heavy atom. The Bertz CT molecular complexity index is 876. The molecule has 0 radical (unpaired) electrons. The van der Waals surface area contributed by atoms with E-state index in [0.29, 0.717) is 5.92 Å². The highest BCUT2D eigenvalue weighted by Crippen LogP contribution is 2.35. The van der Waals surface area contributed by atoms with Crippen molar-refractivity contribution in [1.82, 2.24) is 19.6 Å². The Balaban J connectivity index is 1.50. The molecule has 26 heavy (non-hydrogen) atoms. The third kappa shape index (κ3) is 3.64. The number of nitrogens with zero attached hydrogens (tertiary/aromatic N) is 4. The summed E-state index contributed by atoms with van der Waals surface area (Å²) in [6.45, 7) is 4.92. The number of piperidine rings is 1. The second-order valence-corrected chi connectivity index (χ2v) is 7.50. The lowest BCUT2D eigenvalue weighted by atomic mass is 9.93. The first-order chi connectivity index (χ1) is 12.7. The second kappa shape index (κ2) is 7.55. The average molecular weight is 370 g/mol. The predicted molar refractivity (Wildman–Crippen MR) is 100 cm³/mol. The van der Waals surface area contributed by atoms with Crippen LogP contribution in [-0.4, -0.2) is 39.8 Å². The zero-order valence-corrected chi connectivity index (χ0v) is 15.8. The SMILES string of the molecule is COc1cccc(CN2CCC[C@@H](c3nnsc3-c3cc(C)no3)C2)c1. The van der Waals surface area contributed by atoms with Crippen molar-refractivity contribution in [2.45, 2.75) is 32.2 Å². The number of ether oxygens (including phenoxy) is 1. The number of methoxy groups -OCH3 is 1. The number of hydrogen-bond acceptors (Lipinski definition) is 7. The summed E-state index contributed by atoms with van der Waals surface area (Å²) in [4.78, 5) is 3.50. The Kier molecular flexibility index (Phi) is 4.99. The summed E-state index contributed by atoms with van der Waals surface area (Å²) >= 11 is 1.39. The van der Waals surface area contributed by atoms with Crippen LogP contribution in [0.15, 0.2) is 34.9 Å². The second-order valence-electron chi connectivity index (χ2n) is 6.75. The van der Waals surface area contributed by atoms with Crippen molar-refractivity contribution in [1.29, 1.82) is 0 Å². The summed E-state index contributed by atoms with van der Waals surface area (Å²) in [7, 11) is 1.71. The van der Waals surface area contributed by atoms with Crippen LogP contribution in [0, 0.1) is 6.92 Å². The maximum Gasteiger partial charge on any atom is 0.180 e. The van der Waals surface area contributed by atoms with E-state index in [9.17, 15) is 0 Å². The van der Waals surface area contributed by atoms with Crippen LogP contribution in [0.4, 0.5) is 0 Å². The van der Waals surface area contributed by atoms with Gasteiger partial charge in [-0.1, -0.05) is 21.8 Å². The summed E-state index contributed by atoms with van der Waals surface area (Å²) in [6.07, 6.45) is 2.28. The minimum absolute atomic E-state index is 0.369. The molecule has 0 bridgehead atoms. The summed E-state index contributed by atoms with van der Waals surface area (Å²) in [5.74, 6) is 2.05.